The summed E-state index contributed by atoms with van der Waals surface area (Å²) >= 11 is 13.7. The highest BCUT2D eigenvalue weighted by atomic mass is 35.5. The average Bonchev–Trinajstić information content (AvgIpc) is 3.03. The number of benzene rings is 2. The minimum Gasteiger partial charge on any atom is -0.308 e. The zero-order valence-electron chi connectivity index (χ0n) is 15.4. The first kappa shape index (κ1) is 22.7. The van der Waals surface area contributed by atoms with Gasteiger partial charge in [-0.15, -0.1) is 12.4 Å². The number of anilines is 1. The number of thiazole rings is 1. The predicted molar refractivity (Wildman–Crippen MR) is 123 cm³/mol. The maximum Gasteiger partial charge on any atom is 0.252 e. The molecule has 0 spiro atoms. The van der Waals surface area contributed by atoms with Crippen molar-refractivity contribution in [3.8, 4) is 0 Å². The Labute approximate surface area is 184 Å². The van der Waals surface area contributed by atoms with Crippen LogP contribution in [0.3, 0.4) is 0 Å². The molecule has 0 saturated heterocycles. The Bertz CT molecular complexity index is 988. The van der Waals surface area contributed by atoms with Crippen LogP contribution in [-0.4, -0.2) is 43.0 Å². The number of rotatable bonds is 6. The second-order valence-electron chi connectivity index (χ2n) is 6.26. The third kappa shape index (κ3) is 5.69. The van der Waals surface area contributed by atoms with Crippen LogP contribution in [0.2, 0.25) is 10.0 Å². The zero-order chi connectivity index (χ0) is 19.4. The molecule has 0 saturated carbocycles. The van der Waals surface area contributed by atoms with E-state index in [9.17, 15) is 4.79 Å². The van der Waals surface area contributed by atoms with Crippen molar-refractivity contribution in [1.82, 2.24) is 9.88 Å². The lowest BCUT2D eigenvalue weighted by molar-refractivity contribution is -0.114. The van der Waals surface area contributed by atoms with Gasteiger partial charge in [-0.3, -0.25) is 9.69 Å². The molecule has 1 heterocycles. The number of aromatic nitrogens is 1. The molecule has 148 valence electrons. The highest BCUT2D eigenvalue weighted by Crippen LogP contribution is 2.31. The number of halogens is 3. The van der Waals surface area contributed by atoms with E-state index in [-0.39, 0.29) is 18.3 Å². The van der Waals surface area contributed by atoms with Crippen LogP contribution in [0, 0.1) is 0 Å². The summed E-state index contributed by atoms with van der Waals surface area (Å²) in [6.45, 7) is 1.26. The summed E-state index contributed by atoms with van der Waals surface area (Å²) in [7, 11) is 3.95. The Hall–Kier alpha value is -1.63. The molecule has 2 aromatic carbocycles. The number of nitrogens with zero attached hydrogens (tertiary/aromatic N) is 3. The van der Waals surface area contributed by atoms with E-state index in [1.807, 2.05) is 49.3 Å². The number of fused-ring (bicyclic) bond motifs is 1. The van der Waals surface area contributed by atoms with Gasteiger partial charge in [-0.05, 0) is 50.0 Å². The molecule has 0 radical (unpaired) electrons. The lowest BCUT2D eigenvalue weighted by Gasteiger charge is -2.20. The molecule has 0 fully saturated rings. The van der Waals surface area contributed by atoms with Crippen LogP contribution >= 0.6 is 46.9 Å². The van der Waals surface area contributed by atoms with Crippen LogP contribution in [0.4, 0.5) is 5.13 Å². The van der Waals surface area contributed by atoms with E-state index in [4.69, 9.17) is 23.2 Å². The molecular formula is C20H20Cl3N3OS. The molecule has 1 amide bonds. The molecule has 0 atom stereocenters. The number of hydrogen-bond donors (Lipinski definition) is 0. The third-order valence-corrected chi connectivity index (χ3v) is 5.54. The van der Waals surface area contributed by atoms with Crippen LogP contribution < -0.4 is 4.90 Å². The molecule has 28 heavy (non-hydrogen) atoms. The van der Waals surface area contributed by atoms with Gasteiger partial charge in [-0.25, -0.2) is 4.98 Å². The highest BCUT2D eigenvalue weighted by Gasteiger charge is 2.18. The van der Waals surface area contributed by atoms with Gasteiger partial charge in [-0.2, -0.15) is 0 Å². The van der Waals surface area contributed by atoms with Gasteiger partial charge in [0.05, 0.1) is 10.2 Å². The van der Waals surface area contributed by atoms with Crippen LogP contribution in [0.25, 0.3) is 16.3 Å². The molecule has 0 aliphatic carbocycles. The Morgan fingerprint density at radius 1 is 1.14 bits per heavy atom. The second kappa shape index (κ2) is 10.2. The Morgan fingerprint density at radius 2 is 1.89 bits per heavy atom. The van der Waals surface area contributed by atoms with Crippen LogP contribution in [-0.2, 0) is 4.79 Å². The van der Waals surface area contributed by atoms with Gasteiger partial charge in [0, 0.05) is 29.2 Å². The molecular weight excluding hydrogens is 437 g/mol. The monoisotopic (exact) mass is 455 g/mol. The summed E-state index contributed by atoms with van der Waals surface area (Å²) in [4.78, 5) is 21.2. The smallest absolute Gasteiger partial charge is 0.252 e. The SMILES string of the molecule is CN(C)CCN(C(=O)C=Cc1ccccc1Cl)c1nc2ccc(Cl)cc2s1.Cl. The van der Waals surface area contributed by atoms with E-state index in [1.165, 1.54) is 17.4 Å². The van der Waals surface area contributed by atoms with Crippen molar-refractivity contribution < 1.29 is 4.79 Å². The fraction of sp³-hybridized carbons (Fsp3) is 0.200. The first-order valence-corrected chi connectivity index (χ1v) is 9.96. The van der Waals surface area contributed by atoms with Crippen molar-refractivity contribution >= 4 is 74.3 Å². The molecule has 4 nitrogen and oxygen atoms in total. The summed E-state index contributed by atoms with van der Waals surface area (Å²) in [6.07, 6.45) is 3.27. The standard InChI is InChI=1S/C20H19Cl2N3OS.ClH/c1-24(2)11-12-25(19(26)10-7-14-5-3-4-6-16(14)22)20-23-17-9-8-15(21)13-18(17)27-20;/h3-10,13H,11-12H2,1-2H3;1H. The maximum absolute atomic E-state index is 12.9. The molecule has 3 aromatic rings. The van der Waals surface area contributed by atoms with Gasteiger partial charge in [0.2, 0.25) is 0 Å². The highest BCUT2D eigenvalue weighted by molar-refractivity contribution is 7.22. The van der Waals surface area contributed by atoms with Gasteiger partial charge in [0.25, 0.3) is 5.91 Å². The normalized spacial score (nSPS) is 11.2. The number of carbonyl (C=O) groups is 1. The van der Waals surface area contributed by atoms with Crippen molar-refractivity contribution in [3.63, 3.8) is 0 Å². The van der Waals surface area contributed by atoms with Crippen molar-refractivity contribution in [3.05, 3.63) is 64.1 Å². The summed E-state index contributed by atoms with van der Waals surface area (Å²) < 4.78 is 0.954. The summed E-state index contributed by atoms with van der Waals surface area (Å²) in [5.41, 5.74) is 1.63. The van der Waals surface area contributed by atoms with E-state index in [2.05, 4.69) is 4.98 Å². The Balaban J connectivity index is 0.00000280. The quantitative estimate of drug-likeness (QED) is 0.451. The Kier molecular flexibility index (Phi) is 8.28. The van der Waals surface area contributed by atoms with E-state index in [1.54, 1.807) is 23.1 Å². The zero-order valence-corrected chi connectivity index (χ0v) is 18.6. The maximum atomic E-state index is 12.9. The van der Waals surface area contributed by atoms with E-state index in [0.717, 1.165) is 22.3 Å². The van der Waals surface area contributed by atoms with Crippen molar-refractivity contribution in [2.75, 3.05) is 32.1 Å². The van der Waals surface area contributed by atoms with Crippen molar-refractivity contribution in [1.29, 1.82) is 0 Å². The van der Waals surface area contributed by atoms with Crippen LogP contribution in [0.5, 0.6) is 0 Å². The summed E-state index contributed by atoms with van der Waals surface area (Å²) in [5.74, 6) is -0.137. The topological polar surface area (TPSA) is 36.4 Å². The van der Waals surface area contributed by atoms with Crippen LogP contribution in [0.15, 0.2) is 48.5 Å². The fourth-order valence-electron chi connectivity index (χ4n) is 2.46. The minimum absolute atomic E-state index is 0. The van der Waals surface area contributed by atoms with E-state index < -0.39 is 0 Å². The van der Waals surface area contributed by atoms with Crippen LogP contribution in [0.1, 0.15) is 5.56 Å². The van der Waals surface area contributed by atoms with Gasteiger partial charge in [0.15, 0.2) is 5.13 Å². The van der Waals surface area contributed by atoms with E-state index in [0.29, 0.717) is 21.7 Å². The van der Waals surface area contributed by atoms with Crippen molar-refractivity contribution in [2.24, 2.45) is 0 Å². The second-order valence-corrected chi connectivity index (χ2v) is 8.11. The largest absolute Gasteiger partial charge is 0.308 e. The number of carbonyl (C=O) groups excluding carboxylic acids is 1. The summed E-state index contributed by atoms with van der Waals surface area (Å²) in [5, 5.41) is 1.92. The van der Waals surface area contributed by atoms with Gasteiger partial charge in [-0.1, -0.05) is 52.7 Å². The molecule has 0 bridgehead atoms. The van der Waals surface area contributed by atoms with Gasteiger partial charge in [0.1, 0.15) is 0 Å². The number of amides is 1. The molecule has 8 heteroatoms. The molecule has 3 rings (SSSR count). The first-order chi connectivity index (χ1) is 12.9. The molecule has 0 unspecified atom stereocenters. The first-order valence-electron chi connectivity index (χ1n) is 8.39. The minimum atomic E-state index is -0.137. The number of likely N-dealkylation sites (N-methyl/N-ethyl adjacent to an activating group) is 1. The lowest BCUT2D eigenvalue weighted by Crippen LogP contribution is -2.35. The fourth-order valence-corrected chi connectivity index (χ4v) is 3.93. The van der Waals surface area contributed by atoms with Gasteiger partial charge >= 0.3 is 0 Å². The predicted octanol–water partition coefficient (Wildman–Crippen LogP) is 5.63. The van der Waals surface area contributed by atoms with E-state index >= 15 is 0 Å². The summed E-state index contributed by atoms with van der Waals surface area (Å²) in [6, 6.07) is 13.0. The third-order valence-electron chi connectivity index (χ3n) is 3.92. The van der Waals surface area contributed by atoms with Crippen molar-refractivity contribution in [2.45, 2.75) is 0 Å². The lowest BCUT2D eigenvalue weighted by atomic mass is 10.2. The van der Waals surface area contributed by atoms with Gasteiger partial charge < -0.3 is 4.90 Å². The molecule has 0 aliphatic heterocycles. The average molecular weight is 457 g/mol. The molecule has 0 aliphatic rings. The number of hydrogen-bond acceptors (Lipinski definition) is 4. The molecule has 0 N–H and O–H groups in total. The Morgan fingerprint density at radius 3 is 2.61 bits per heavy atom. The molecule has 1 aromatic heterocycles.